The number of aliphatic hydroxyl groups is 1. The highest BCUT2D eigenvalue weighted by Crippen LogP contribution is 2.13. The van der Waals surface area contributed by atoms with Crippen LogP contribution in [0.5, 0.6) is 0 Å². The summed E-state index contributed by atoms with van der Waals surface area (Å²) in [4.78, 5) is 12.8. The maximum atomic E-state index is 12.8. The summed E-state index contributed by atoms with van der Waals surface area (Å²) >= 11 is 0. The molecule has 3 aromatic rings. The summed E-state index contributed by atoms with van der Waals surface area (Å²) in [6.45, 7) is 6.14. The first-order valence-corrected chi connectivity index (χ1v) is 11.9. The maximum Gasteiger partial charge on any atom is 0.350 e. The Morgan fingerprint density at radius 2 is 1.07 bits per heavy atom. The molecule has 0 radical (unpaired) electrons. The van der Waals surface area contributed by atoms with Gasteiger partial charge < -0.3 is 9.53 Å². The van der Waals surface area contributed by atoms with E-state index in [-0.39, 0.29) is 19.0 Å². The van der Waals surface area contributed by atoms with Gasteiger partial charge in [-0.25, -0.2) is 0 Å². The SMILES string of the molecule is Cc1ccc([Si](OC(=O)CCCO)(c2ccc(C)cc2)c2ccc(C)cc2)cc1. The van der Waals surface area contributed by atoms with Crippen LogP contribution in [0.15, 0.2) is 72.8 Å². The van der Waals surface area contributed by atoms with E-state index in [0.717, 1.165) is 32.3 Å². The number of aryl methyl sites for hydroxylation is 3. The maximum absolute atomic E-state index is 12.8. The average Bonchev–Trinajstić information content (AvgIpc) is 2.72. The van der Waals surface area contributed by atoms with Crippen LogP contribution in [0.1, 0.15) is 29.5 Å². The zero-order valence-electron chi connectivity index (χ0n) is 17.3. The van der Waals surface area contributed by atoms with Gasteiger partial charge in [0.15, 0.2) is 0 Å². The third-order valence-electron chi connectivity index (χ3n) is 5.18. The van der Waals surface area contributed by atoms with E-state index in [1.165, 1.54) is 0 Å². The first-order valence-electron chi connectivity index (χ1n) is 10.00. The molecular weight excluding hydrogens is 376 g/mol. The lowest BCUT2D eigenvalue weighted by Gasteiger charge is -2.32. The van der Waals surface area contributed by atoms with Gasteiger partial charge in [-0.3, -0.25) is 4.79 Å². The molecule has 0 bridgehead atoms. The Labute approximate surface area is 174 Å². The first kappa shape index (κ1) is 21.0. The van der Waals surface area contributed by atoms with Gasteiger partial charge in [0.1, 0.15) is 0 Å². The highest BCUT2D eigenvalue weighted by molar-refractivity contribution is 7.07. The molecule has 0 saturated heterocycles. The molecule has 0 aliphatic carbocycles. The van der Waals surface area contributed by atoms with E-state index >= 15 is 0 Å². The Morgan fingerprint density at radius 1 is 0.724 bits per heavy atom. The Kier molecular flexibility index (Phi) is 6.67. The molecule has 150 valence electrons. The lowest BCUT2D eigenvalue weighted by Crippen LogP contribution is -2.70. The lowest BCUT2D eigenvalue weighted by molar-refractivity contribution is -0.135. The molecule has 0 aliphatic heterocycles. The molecule has 0 atom stereocenters. The second kappa shape index (κ2) is 9.20. The Balaban J connectivity index is 2.24. The van der Waals surface area contributed by atoms with Gasteiger partial charge in [-0.2, -0.15) is 0 Å². The molecule has 0 saturated carbocycles. The van der Waals surface area contributed by atoms with Crippen molar-refractivity contribution < 1.29 is 14.3 Å². The van der Waals surface area contributed by atoms with Gasteiger partial charge in [-0.05, 0) is 42.8 Å². The molecule has 3 rings (SSSR count). The van der Waals surface area contributed by atoms with E-state index in [1.807, 2.05) is 0 Å². The second-order valence-electron chi connectivity index (χ2n) is 7.58. The minimum atomic E-state index is -3.04. The molecule has 4 heteroatoms. The van der Waals surface area contributed by atoms with Crippen LogP contribution in [0.25, 0.3) is 0 Å². The van der Waals surface area contributed by atoms with Crippen molar-refractivity contribution in [2.45, 2.75) is 33.6 Å². The van der Waals surface area contributed by atoms with Crippen molar-refractivity contribution in [2.24, 2.45) is 0 Å². The fourth-order valence-electron chi connectivity index (χ4n) is 3.49. The van der Waals surface area contributed by atoms with Crippen molar-refractivity contribution >= 4 is 29.8 Å². The van der Waals surface area contributed by atoms with Crippen LogP contribution in [-0.4, -0.2) is 26.0 Å². The van der Waals surface area contributed by atoms with Crippen molar-refractivity contribution in [3.63, 3.8) is 0 Å². The first-order chi connectivity index (χ1) is 14.0. The molecule has 3 nitrogen and oxygen atoms in total. The summed E-state index contributed by atoms with van der Waals surface area (Å²) in [6, 6.07) is 24.9. The lowest BCUT2D eigenvalue weighted by atomic mass is 10.2. The summed E-state index contributed by atoms with van der Waals surface area (Å²) in [7, 11) is -3.04. The number of aliphatic hydroxyl groups excluding tert-OH is 1. The highest BCUT2D eigenvalue weighted by atomic mass is 28.4. The zero-order valence-corrected chi connectivity index (χ0v) is 18.3. The van der Waals surface area contributed by atoms with Crippen LogP contribution in [0.4, 0.5) is 0 Å². The number of hydrogen-bond donors (Lipinski definition) is 1. The van der Waals surface area contributed by atoms with E-state index in [2.05, 4.69) is 93.6 Å². The molecule has 29 heavy (non-hydrogen) atoms. The van der Waals surface area contributed by atoms with Crippen molar-refractivity contribution in [3.05, 3.63) is 89.5 Å². The summed E-state index contributed by atoms with van der Waals surface area (Å²) in [5, 5.41) is 12.3. The molecule has 0 fully saturated rings. The molecule has 0 amide bonds. The summed E-state index contributed by atoms with van der Waals surface area (Å²) < 4.78 is 6.41. The minimum absolute atomic E-state index is 0.0246. The number of carbonyl (C=O) groups excluding carboxylic acids is 1. The third kappa shape index (κ3) is 4.66. The van der Waals surface area contributed by atoms with E-state index in [4.69, 9.17) is 9.53 Å². The largest absolute Gasteiger partial charge is 0.506 e. The predicted octanol–water partition coefficient (Wildman–Crippen LogP) is 2.89. The van der Waals surface area contributed by atoms with Gasteiger partial charge >= 0.3 is 8.32 Å². The fourth-order valence-corrected chi connectivity index (χ4v) is 7.19. The molecule has 0 heterocycles. The monoisotopic (exact) mass is 404 g/mol. The molecular formula is C25H28O3Si. The van der Waals surface area contributed by atoms with E-state index in [0.29, 0.717) is 6.42 Å². The van der Waals surface area contributed by atoms with Crippen molar-refractivity contribution in [2.75, 3.05) is 6.61 Å². The number of carbonyl (C=O) groups is 1. The highest BCUT2D eigenvalue weighted by Gasteiger charge is 2.45. The van der Waals surface area contributed by atoms with Crippen LogP contribution in [0.2, 0.25) is 0 Å². The van der Waals surface area contributed by atoms with Gasteiger partial charge in [0.25, 0.3) is 5.97 Å². The topological polar surface area (TPSA) is 46.5 Å². The Morgan fingerprint density at radius 3 is 1.38 bits per heavy atom. The second-order valence-corrected chi connectivity index (χ2v) is 10.9. The van der Waals surface area contributed by atoms with E-state index in [1.54, 1.807) is 0 Å². The van der Waals surface area contributed by atoms with Gasteiger partial charge in [-0.1, -0.05) is 89.5 Å². The minimum Gasteiger partial charge on any atom is -0.506 e. The summed E-state index contributed by atoms with van der Waals surface area (Å²) in [6.07, 6.45) is 0.605. The molecule has 0 unspecified atom stereocenters. The Hall–Kier alpha value is -2.69. The van der Waals surface area contributed by atoms with Crippen LogP contribution in [0.3, 0.4) is 0 Å². The normalized spacial score (nSPS) is 11.3. The number of hydrogen-bond acceptors (Lipinski definition) is 3. The molecule has 0 aliphatic rings. The van der Waals surface area contributed by atoms with Crippen LogP contribution >= 0.6 is 0 Å². The Bertz CT molecular complexity index is 834. The van der Waals surface area contributed by atoms with Crippen molar-refractivity contribution in [3.8, 4) is 0 Å². The molecule has 0 spiro atoms. The van der Waals surface area contributed by atoms with Crippen LogP contribution in [-0.2, 0) is 9.22 Å². The fraction of sp³-hybridized carbons (Fsp3) is 0.240. The van der Waals surface area contributed by atoms with Gasteiger partial charge in [0, 0.05) is 13.0 Å². The molecule has 3 aromatic carbocycles. The average molecular weight is 405 g/mol. The summed E-state index contributed by atoms with van der Waals surface area (Å²) in [5.41, 5.74) is 3.49. The quantitative estimate of drug-likeness (QED) is 0.487. The number of rotatable bonds is 7. The standard InChI is InChI=1S/C25H28O3Si/c1-19-6-12-22(13-7-19)29(28-25(27)5-4-18-26,23-14-8-20(2)9-15-23)24-16-10-21(3)11-17-24/h6-17,26H,4-5,18H2,1-3H3. The molecule has 1 N–H and O–H groups in total. The summed E-state index contributed by atoms with van der Waals surface area (Å²) in [5.74, 6) is -0.271. The van der Waals surface area contributed by atoms with Gasteiger partial charge in [0.2, 0.25) is 0 Å². The van der Waals surface area contributed by atoms with Crippen molar-refractivity contribution in [1.82, 2.24) is 0 Å². The van der Waals surface area contributed by atoms with Gasteiger partial charge in [0.05, 0.1) is 0 Å². The van der Waals surface area contributed by atoms with Gasteiger partial charge in [-0.15, -0.1) is 0 Å². The van der Waals surface area contributed by atoms with E-state index < -0.39 is 8.32 Å². The smallest absolute Gasteiger partial charge is 0.350 e. The molecule has 0 aromatic heterocycles. The van der Waals surface area contributed by atoms with Crippen LogP contribution < -0.4 is 15.6 Å². The predicted molar refractivity (Wildman–Crippen MR) is 121 cm³/mol. The third-order valence-corrected chi connectivity index (χ3v) is 9.15. The number of benzene rings is 3. The van der Waals surface area contributed by atoms with E-state index in [9.17, 15) is 4.79 Å². The zero-order chi connectivity index (χ0) is 20.9. The van der Waals surface area contributed by atoms with Crippen molar-refractivity contribution in [1.29, 1.82) is 0 Å². The van der Waals surface area contributed by atoms with Crippen LogP contribution in [0, 0.1) is 20.8 Å².